The van der Waals surface area contributed by atoms with Gasteiger partial charge in [-0.05, 0) is 55.3 Å². The van der Waals surface area contributed by atoms with Crippen LogP contribution in [0.2, 0.25) is 0 Å². The fourth-order valence-corrected chi connectivity index (χ4v) is 3.89. The Balaban J connectivity index is 1.81. The minimum Gasteiger partial charge on any atom is -0.508 e. The molecule has 5 N–H and O–H groups in total. The lowest BCUT2D eigenvalue weighted by Gasteiger charge is -2.24. The average molecular weight is 575 g/mol. The lowest BCUT2D eigenvalue weighted by molar-refractivity contribution is -0.130. The largest absolute Gasteiger partial charge is 0.508 e. The molecule has 11 nitrogen and oxygen atoms in total. The van der Waals surface area contributed by atoms with Crippen LogP contribution in [0.15, 0.2) is 65.8 Å². The molecule has 0 bridgehead atoms. The van der Waals surface area contributed by atoms with Crippen LogP contribution in [0, 0.1) is 12.3 Å². The molecule has 0 aliphatic carbocycles. The Labute approximate surface area is 243 Å². The van der Waals surface area contributed by atoms with Gasteiger partial charge in [0.2, 0.25) is 5.91 Å². The molecule has 0 heterocycles. The van der Waals surface area contributed by atoms with Crippen molar-refractivity contribution in [1.82, 2.24) is 16.1 Å². The van der Waals surface area contributed by atoms with E-state index < -0.39 is 42.2 Å². The van der Waals surface area contributed by atoms with Crippen molar-refractivity contribution >= 4 is 34.9 Å². The number of ether oxygens (including phenoxy) is 2. The summed E-state index contributed by atoms with van der Waals surface area (Å²) in [5.41, 5.74) is 2.83. The van der Waals surface area contributed by atoms with E-state index in [1.807, 2.05) is 30.3 Å². The van der Waals surface area contributed by atoms with E-state index in [1.54, 1.807) is 39.0 Å². The topological polar surface area (TPSA) is 159 Å². The molecule has 0 spiro atoms. The van der Waals surface area contributed by atoms with Crippen LogP contribution in [0.5, 0.6) is 11.5 Å². The molecule has 0 saturated heterocycles. The third-order valence-corrected chi connectivity index (χ3v) is 5.81. The fraction of sp³-hybridized carbons (Fsp3) is 0.290. The molecular weight excluding hydrogens is 540 g/mol. The Bertz CT molecular complexity index is 1470. The molecular formula is C31H34N4O7. The van der Waals surface area contributed by atoms with Gasteiger partial charge in [-0.25, -0.2) is 10.2 Å². The van der Waals surface area contributed by atoms with Gasteiger partial charge in [-0.2, -0.15) is 5.10 Å². The van der Waals surface area contributed by atoms with E-state index in [-0.39, 0.29) is 18.8 Å². The fourth-order valence-electron chi connectivity index (χ4n) is 3.89. The van der Waals surface area contributed by atoms with Gasteiger partial charge in [-0.15, -0.1) is 6.42 Å². The molecule has 0 aromatic heterocycles. The van der Waals surface area contributed by atoms with Gasteiger partial charge in [0, 0.05) is 12.0 Å². The minimum absolute atomic E-state index is 0.0166. The number of hydrogen-bond acceptors (Lipinski definition) is 8. The highest BCUT2D eigenvalue weighted by atomic mass is 16.6. The number of aromatic hydroxyl groups is 1. The van der Waals surface area contributed by atoms with Gasteiger partial charge in [0.05, 0.1) is 12.8 Å². The number of aliphatic hydroxyl groups excluding tert-OH is 1. The smallest absolute Gasteiger partial charge is 0.408 e. The number of carbonyl (C=O) groups is 3. The Morgan fingerprint density at radius 2 is 1.71 bits per heavy atom. The second-order valence-electron chi connectivity index (χ2n) is 10.2. The summed E-state index contributed by atoms with van der Waals surface area (Å²) in [6, 6.07) is 14.7. The van der Waals surface area contributed by atoms with Gasteiger partial charge in [0.1, 0.15) is 35.8 Å². The number of alkyl carbamates (subject to hydrolysis) is 1. The quantitative estimate of drug-likeness (QED) is 0.134. The molecule has 2 atom stereocenters. The van der Waals surface area contributed by atoms with Gasteiger partial charge in [-0.3, -0.25) is 9.59 Å². The zero-order valence-corrected chi connectivity index (χ0v) is 23.6. The molecule has 3 aromatic carbocycles. The molecule has 0 unspecified atom stereocenters. The number of carbonyl (C=O) groups excluding carboxylic acids is 3. The third-order valence-electron chi connectivity index (χ3n) is 5.81. The van der Waals surface area contributed by atoms with E-state index in [0.717, 1.165) is 10.8 Å². The second kappa shape index (κ2) is 14.5. The van der Waals surface area contributed by atoms with Gasteiger partial charge >= 0.3 is 6.09 Å². The van der Waals surface area contributed by atoms with Crippen LogP contribution >= 0.6 is 0 Å². The third kappa shape index (κ3) is 9.25. The number of nitrogens with zero attached hydrogens (tertiary/aromatic N) is 1. The van der Waals surface area contributed by atoms with Crippen molar-refractivity contribution in [3.05, 3.63) is 71.8 Å². The molecule has 3 aromatic rings. The van der Waals surface area contributed by atoms with Crippen molar-refractivity contribution in [2.75, 3.05) is 13.2 Å². The normalized spacial score (nSPS) is 12.6. The summed E-state index contributed by atoms with van der Waals surface area (Å²) >= 11 is 0. The van der Waals surface area contributed by atoms with Crippen molar-refractivity contribution in [1.29, 1.82) is 0 Å². The number of hydrazone groups is 1. The van der Waals surface area contributed by atoms with Crippen molar-refractivity contribution in [2.45, 2.75) is 44.9 Å². The zero-order valence-electron chi connectivity index (χ0n) is 23.6. The van der Waals surface area contributed by atoms with Crippen molar-refractivity contribution in [3.8, 4) is 23.8 Å². The molecule has 0 aliphatic rings. The highest BCUT2D eigenvalue weighted by Crippen LogP contribution is 2.26. The van der Waals surface area contributed by atoms with Crippen LogP contribution in [-0.2, 0) is 20.7 Å². The van der Waals surface area contributed by atoms with Gasteiger partial charge in [0.15, 0.2) is 0 Å². The number of phenols is 1. The number of nitrogens with one attached hydrogen (secondary N) is 3. The molecule has 3 amide bonds. The molecule has 0 aliphatic heterocycles. The molecule has 220 valence electrons. The average Bonchev–Trinajstić information content (AvgIpc) is 2.94. The number of phenolic OH excluding ortho intramolecular Hbond substituents is 1. The number of hydrogen-bond donors (Lipinski definition) is 5. The Morgan fingerprint density at radius 1 is 1.00 bits per heavy atom. The maximum atomic E-state index is 13.3. The maximum absolute atomic E-state index is 13.3. The van der Waals surface area contributed by atoms with E-state index in [1.165, 1.54) is 18.3 Å². The lowest BCUT2D eigenvalue weighted by Crippen LogP contribution is -2.55. The first-order valence-corrected chi connectivity index (χ1v) is 13.1. The summed E-state index contributed by atoms with van der Waals surface area (Å²) in [5, 5.41) is 30.1. The van der Waals surface area contributed by atoms with E-state index in [0.29, 0.717) is 16.9 Å². The highest BCUT2D eigenvalue weighted by molar-refractivity contribution is 6.03. The van der Waals surface area contributed by atoms with Crippen LogP contribution < -0.4 is 20.8 Å². The Kier molecular flexibility index (Phi) is 10.9. The number of benzene rings is 3. The summed E-state index contributed by atoms with van der Waals surface area (Å²) in [6.45, 7) is 4.26. The molecule has 42 heavy (non-hydrogen) atoms. The molecule has 0 radical (unpaired) electrons. The zero-order chi connectivity index (χ0) is 30.7. The Hall–Kier alpha value is -5.08. The molecule has 3 rings (SSSR count). The SMILES string of the molecule is C#CCOc1ccc2ccccc2c1/C=N\NC(=O)[C@H](Cc1ccc(O)cc1)NC(=O)[C@H](CO)NC(=O)OC(C)(C)C. The first kappa shape index (κ1) is 31.4. The van der Waals surface area contributed by atoms with Gasteiger partial charge < -0.3 is 30.3 Å². The molecule has 0 fully saturated rings. The standard InChI is InChI=1S/C31H34N4O7/c1-5-16-41-27-15-12-21-8-6-7-9-23(21)24(27)18-32-35-29(39)25(17-20-10-13-22(37)14-11-20)33-28(38)26(19-36)34-30(40)42-31(2,3)4/h1,6-15,18,25-26,36-37H,16-17,19H2,2-4H3,(H,33,38)(H,34,40)(H,35,39)/b32-18-/t25-,26-/m0/s1. The molecule has 11 heteroatoms. The Morgan fingerprint density at radius 3 is 2.38 bits per heavy atom. The number of aliphatic hydroxyl groups is 1. The van der Waals surface area contributed by atoms with Crippen LogP contribution in [0.25, 0.3) is 10.8 Å². The summed E-state index contributed by atoms with van der Waals surface area (Å²) in [7, 11) is 0. The van der Waals surface area contributed by atoms with Gasteiger partial charge in [0.25, 0.3) is 5.91 Å². The van der Waals surface area contributed by atoms with Crippen LogP contribution in [0.4, 0.5) is 4.79 Å². The maximum Gasteiger partial charge on any atom is 0.408 e. The number of terminal acetylenes is 1. The highest BCUT2D eigenvalue weighted by Gasteiger charge is 2.28. The monoisotopic (exact) mass is 574 g/mol. The van der Waals surface area contributed by atoms with Gasteiger partial charge in [-0.1, -0.05) is 48.4 Å². The van der Waals surface area contributed by atoms with E-state index >= 15 is 0 Å². The lowest BCUT2D eigenvalue weighted by atomic mass is 10.0. The first-order valence-electron chi connectivity index (χ1n) is 13.1. The summed E-state index contributed by atoms with van der Waals surface area (Å²) in [4.78, 5) is 38.4. The van der Waals surface area contributed by atoms with E-state index in [4.69, 9.17) is 15.9 Å². The minimum atomic E-state index is -1.38. The summed E-state index contributed by atoms with van der Waals surface area (Å²) in [6.07, 6.45) is 5.88. The van der Waals surface area contributed by atoms with Crippen molar-refractivity contribution in [2.24, 2.45) is 5.10 Å². The summed E-state index contributed by atoms with van der Waals surface area (Å²) < 4.78 is 10.8. The number of rotatable bonds is 11. The van der Waals surface area contributed by atoms with Crippen LogP contribution in [0.3, 0.4) is 0 Å². The van der Waals surface area contributed by atoms with Crippen LogP contribution in [0.1, 0.15) is 31.9 Å². The first-order chi connectivity index (χ1) is 20.0. The van der Waals surface area contributed by atoms with Crippen LogP contribution in [-0.4, -0.2) is 65.2 Å². The van der Waals surface area contributed by atoms with Crippen molar-refractivity contribution < 1.29 is 34.1 Å². The predicted molar refractivity (Wildman–Crippen MR) is 158 cm³/mol. The second-order valence-corrected chi connectivity index (χ2v) is 10.2. The molecule has 0 saturated carbocycles. The number of amides is 3. The van der Waals surface area contributed by atoms with E-state index in [2.05, 4.69) is 27.1 Å². The van der Waals surface area contributed by atoms with Crippen molar-refractivity contribution in [3.63, 3.8) is 0 Å². The van der Waals surface area contributed by atoms with E-state index in [9.17, 15) is 24.6 Å². The summed E-state index contributed by atoms with van der Waals surface area (Å²) in [5.74, 6) is 1.44. The number of fused-ring (bicyclic) bond motifs is 1. The predicted octanol–water partition coefficient (Wildman–Crippen LogP) is 2.62.